The summed E-state index contributed by atoms with van der Waals surface area (Å²) in [7, 11) is 0. The van der Waals surface area contributed by atoms with Crippen LogP contribution >= 0.6 is 11.6 Å². The van der Waals surface area contributed by atoms with Crippen molar-refractivity contribution >= 4 is 34.1 Å². The van der Waals surface area contributed by atoms with Gasteiger partial charge in [0, 0.05) is 5.69 Å². The zero-order chi connectivity index (χ0) is 20.3. The first-order chi connectivity index (χ1) is 13.3. The lowest BCUT2D eigenvalue weighted by atomic mass is 10.2. The molecule has 3 aromatic rings. The molecule has 0 amide bonds. The van der Waals surface area contributed by atoms with E-state index in [4.69, 9.17) is 16.3 Å². The molecule has 0 fully saturated rings. The molecule has 1 N–H and O–H groups in total. The molecule has 0 aliphatic rings. The number of fused-ring (bicyclic) bond motifs is 1. The number of halogens is 4. The number of hydrogen-bond acceptors (Lipinski definition) is 5. The number of ether oxygens (including phenoxy) is 1. The van der Waals surface area contributed by atoms with Crippen LogP contribution < -0.4 is 5.32 Å². The van der Waals surface area contributed by atoms with Gasteiger partial charge in [0.25, 0.3) is 0 Å². The van der Waals surface area contributed by atoms with Crippen molar-refractivity contribution in [3.8, 4) is 0 Å². The van der Waals surface area contributed by atoms with Crippen LogP contribution in [0, 0.1) is 6.92 Å². The van der Waals surface area contributed by atoms with E-state index in [9.17, 15) is 13.2 Å². The Bertz CT molecular complexity index is 956. The van der Waals surface area contributed by atoms with Crippen LogP contribution in [0.3, 0.4) is 0 Å². The van der Waals surface area contributed by atoms with Crippen molar-refractivity contribution in [2.45, 2.75) is 33.0 Å². The molecule has 6 nitrogen and oxygen atoms in total. The standard InChI is InChI=1S/C18H19ClF3N5O/c1-3-13-14-15(27(26-13)8-9-28-10-18(20,21)22)16(25-17(19)24-14)23-12-6-4-11(2)5-7-12/h4-7H,3,8-10H2,1-2H3,(H,23,24,25). The lowest BCUT2D eigenvalue weighted by Gasteiger charge is -2.11. The molecule has 0 spiro atoms. The number of nitrogens with one attached hydrogen (secondary N) is 1. The molecule has 10 heteroatoms. The lowest BCUT2D eigenvalue weighted by molar-refractivity contribution is -0.174. The summed E-state index contributed by atoms with van der Waals surface area (Å²) in [5.74, 6) is 0.432. The van der Waals surface area contributed by atoms with Gasteiger partial charge in [-0.1, -0.05) is 24.6 Å². The predicted molar refractivity (Wildman–Crippen MR) is 101 cm³/mol. The van der Waals surface area contributed by atoms with Crippen molar-refractivity contribution in [1.29, 1.82) is 0 Å². The third-order valence-electron chi connectivity index (χ3n) is 3.99. The molecule has 0 saturated carbocycles. The fourth-order valence-electron chi connectivity index (χ4n) is 2.72. The highest BCUT2D eigenvalue weighted by atomic mass is 35.5. The highest BCUT2D eigenvalue weighted by Crippen LogP contribution is 2.28. The molecule has 0 aliphatic carbocycles. The average molecular weight is 414 g/mol. The molecule has 0 radical (unpaired) electrons. The van der Waals surface area contributed by atoms with Gasteiger partial charge in [-0.2, -0.15) is 23.3 Å². The largest absolute Gasteiger partial charge is 0.411 e. The van der Waals surface area contributed by atoms with Gasteiger partial charge in [0.1, 0.15) is 17.6 Å². The Morgan fingerprint density at radius 3 is 2.54 bits per heavy atom. The Labute approximate surface area is 164 Å². The molecule has 0 saturated heterocycles. The van der Waals surface area contributed by atoms with Crippen LogP contribution in [0.5, 0.6) is 0 Å². The Morgan fingerprint density at radius 1 is 1.18 bits per heavy atom. The number of hydrogen-bond donors (Lipinski definition) is 1. The third-order valence-corrected chi connectivity index (χ3v) is 4.16. The molecular weight excluding hydrogens is 395 g/mol. The summed E-state index contributed by atoms with van der Waals surface area (Å²) in [5.41, 5.74) is 3.71. The fraction of sp³-hybridized carbons (Fsp3) is 0.389. The topological polar surface area (TPSA) is 64.9 Å². The number of rotatable bonds is 7. The summed E-state index contributed by atoms with van der Waals surface area (Å²) in [5, 5.41) is 7.70. The zero-order valence-electron chi connectivity index (χ0n) is 15.3. The van der Waals surface area contributed by atoms with E-state index in [1.54, 1.807) is 4.68 Å². The molecule has 28 heavy (non-hydrogen) atoms. The first kappa shape index (κ1) is 20.3. The molecule has 0 bridgehead atoms. The van der Waals surface area contributed by atoms with Gasteiger partial charge in [0.15, 0.2) is 5.82 Å². The smallest absolute Gasteiger partial charge is 0.370 e. The highest BCUT2D eigenvalue weighted by Gasteiger charge is 2.27. The van der Waals surface area contributed by atoms with Crippen molar-refractivity contribution < 1.29 is 17.9 Å². The van der Waals surface area contributed by atoms with E-state index in [1.807, 2.05) is 38.1 Å². The molecular formula is C18H19ClF3N5O. The van der Waals surface area contributed by atoms with Crippen molar-refractivity contribution in [3.63, 3.8) is 0 Å². The molecule has 1 aromatic carbocycles. The minimum atomic E-state index is -4.37. The second-order valence-corrected chi connectivity index (χ2v) is 6.56. The second kappa shape index (κ2) is 8.32. The monoisotopic (exact) mass is 413 g/mol. The van der Waals surface area contributed by atoms with Crippen molar-refractivity contribution in [2.24, 2.45) is 0 Å². The first-order valence-electron chi connectivity index (χ1n) is 8.68. The molecule has 150 valence electrons. The number of benzene rings is 1. The van der Waals surface area contributed by atoms with Gasteiger partial charge in [0.2, 0.25) is 5.28 Å². The summed E-state index contributed by atoms with van der Waals surface area (Å²) in [6, 6.07) is 7.68. The molecule has 0 aliphatic heterocycles. The predicted octanol–water partition coefficient (Wildman–Crippen LogP) is 4.67. The van der Waals surface area contributed by atoms with E-state index in [2.05, 4.69) is 20.4 Å². The van der Waals surface area contributed by atoms with Gasteiger partial charge in [-0.15, -0.1) is 0 Å². The minimum Gasteiger partial charge on any atom is -0.370 e. The molecule has 3 rings (SSSR count). The van der Waals surface area contributed by atoms with Crippen molar-refractivity contribution in [1.82, 2.24) is 19.7 Å². The summed E-state index contributed by atoms with van der Waals surface area (Å²) in [6.45, 7) is 2.57. The van der Waals surface area contributed by atoms with Crippen LogP contribution in [0.4, 0.5) is 24.7 Å². The van der Waals surface area contributed by atoms with Gasteiger partial charge >= 0.3 is 6.18 Å². The summed E-state index contributed by atoms with van der Waals surface area (Å²) in [4.78, 5) is 8.52. The minimum absolute atomic E-state index is 0.0599. The third kappa shape index (κ3) is 4.90. The number of nitrogens with zero attached hydrogens (tertiary/aromatic N) is 4. The average Bonchev–Trinajstić information content (AvgIpc) is 2.97. The van der Waals surface area contributed by atoms with E-state index in [0.717, 1.165) is 11.3 Å². The summed E-state index contributed by atoms with van der Waals surface area (Å²) < 4.78 is 43.1. The van der Waals surface area contributed by atoms with Gasteiger partial charge in [0.05, 0.1) is 18.8 Å². The zero-order valence-corrected chi connectivity index (χ0v) is 16.1. The normalized spacial score (nSPS) is 11.9. The highest BCUT2D eigenvalue weighted by molar-refractivity contribution is 6.28. The van der Waals surface area contributed by atoms with Crippen LogP contribution in [0.2, 0.25) is 5.28 Å². The first-order valence-corrected chi connectivity index (χ1v) is 9.05. The lowest BCUT2D eigenvalue weighted by Crippen LogP contribution is -2.19. The van der Waals surface area contributed by atoms with E-state index in [0.29, 0.717) is 29.0 Å². The maximum atomic E-state index is 12.3. The second-order valence-electron chi connectivity index (χ2n) is 6.22. The maximum Gasteiger partial charge on any atom is 0.411 e. The Hall–Kier alpha value is -2.39. The molecule has 0 unspecified atom stereocenters. The number of alkyl halides is 3. The van der Waals surface area contributed by atoms with Crippen molar-refractivity contribution in [3.05, 3.63) is 40.8 Å². The van der Waals surface area contributed by atoms with Crippen LogP contribution in [0.25, 0.3) is 11.0 Å². The van der Waals surface area contributed by atoms with Crippen molar-refractivity contribution in [2.75, 3.05) is 18.5 Å². The van der Waals surface area contributed by atoms with Crippen LogP contribution in [0.15, 0.2) is 24.3 Å². The number of aryl methyl sites for hydroxylation is 2. The molecule has 0 atom stereocenters. The maximum absolute atomic E-state index is 12.3. The Kier molecular flexibility index (Phi) is 6.04. The SMILES string of the molecule is CCc1nn(CCOCC(F)(F)F)c2c(Nc3ccc(C)cc3)nc(Cl)nc12. The van der Waals surface area contributed by atoms with Crippen LogP contribution in [-0.2, 0) is 17.7 Å². The number of anilines is 2. The van der Waals surface area contributed by atoms with Crippen LogP contribution in [-0.4, -0.2) is 39.1 Å². The quantitative estimate of drug-likeness (QED) is 0.450. The van der Waals surface area contributed by atoms with E-state index >= 15 is 0 Å². The van der Waals surface area contributed by atoms with Gasteiger partial charge in [-0.3, -0.25) is 4.68 Å². The van der Waals surface area contributed by atoms with Crippen LogP contribution in [0.1, 0.15) is 18.2 Å². The Balaban J connectivity index is 1.93. The van der Waals surface area contributed by atoms with Gasteiger partial charge < -0.3 is 10.1 Å². The van der Waals surface area contributed by atoms with Gasteiger partial charge in [-0.05, 0) is 37.1 Å². The van der Waals surface area contributed by atoms with Gasteiger partial charge in [-0.25, -0.2) is 4.98 Å². The summed E-state index contributed by atoms with van der Waals surface area (Å²) >= 11 is 6.08. The number of aromatic nitrogens is 4. The van der Waals surface area contributed by atoms with E-state index < -0.39 is 12.8 Å². The molecule has 2 heterocycles. The van der Waals surface area contributed by atoms with E-state index in [1.165, 1.54) is 0 Å². The Morgan fingerprint density at radius 2 is 1.89 bits per heavy atom. The van der Waals surface area contributed by atoms with E-state index in [-0.39, 0.29) is 18.4 Å². The summed E-state index contributed by atoms with van der Waals surface area (Å²) in [6.07, 6.45) is -3.78. The fourth-order valence-corrected chi connectivity index (χ4v) is 2.89. The molecule has 2 aromatic heterocycles.